The van der Waals surface area contributed by atoms with Crippen molar-refractivity contribution in [3.8, 4) is 5.75 Å². The van der Waals surface area contributed by atoms with Gasteiger partial charge >= 0.3 is 0 Å². The second kappa shape index (κ2) is 10.4. The molecule has 6 rings (SSSR count). The number of allylic oxidation sites excluding steroid dienone is 4. The van der Waals surface area contributed by atoms with Crippen molar-refractivity contribution in [3.05, 3.63) is 80.8 Å². The second-order valence-electron chi connectivity index (χ2n) is 10.4. The van der Waals surface area contributed by atoms with E-state index in [9.17, 15) is 9.59 Å². The number of benzene rings is 2. The summed E-state index contributed by atoms with van der Waals surface area (Å²) in [7, 11) is 0. The molecule has 39 heavy (non-hydrogen) atoms. The number of nitrogens with one attached hydrogen (secondary N) is 2. The van der Waals surface area contributed by atoms with Gasteiger partial charge in [-0.2, -0.15) is 0 Å². The van der Waals surface area contributed by atoms with E-state index in [4.69, 9.17) is 44.3 Å². The van der Waals surface area contributed by atoms with Crippen molar-refractivity contribution in [2.45, 2.75) is 43.0 Å². The van der Waals surface area contributed by atoms with Crippen LogP contribution in [0.3, 0.4) is 0 Å². The van der Waals surface area contributed by atoms with Gasteiger partial charge in [0.1, 0.15) is 23.4 Å². The first-order valence-electron chi connectivity index (χ1n) is 12.9. The number of piperidine rings is 1. The summed E-state index contributed by atoms with van der Waals surface area (Å²) in [6.07, 6.45) is 4.51. The van der Waals surface area contributed by atoms with E-state index in [-0.39, 0.29) is 29.4 Å². The number of carbonyl (C=O) groups excluding carboxylic acids is 2. The van der Waals surface area contributed by atoms with Crippen LogP contribution < -0.4 is 15.4 Å². The molecular formula is C29H26Cl3FN2O4. The minimum absolute atomic E-state index is 0.0289. The van der Waals surface area contributed by atoms with Gasteiger partial charge in [0.05, 0.1) is 24.3 Å². The second-order valence-corrected chi connectivity index (χ2v) is 11.7. The Bertz CT molecular complexity index is 1390. The third kappa shape index (κ3) is 4.53. The summed E-state index contributed by atoms with van der Waals surface area (Å²) >= 11 is 19.0. The summed E-state index contributed by atoms with van der Waals surface area (Å²) in [6.45, 7) is 1.16. The van der Waals surface area contributed by atoms with Gasteiger partial charge in [-0.15, -0.1) is 0 Å². The SMILES string of the molecule is O=C1C[C@@H](C2C=CC=C(Cl)C2F)[C@]2(C(=O)Nc3cc(Cl)ccc32)[C@@H](c2cc(Cl)ccc2OC2CCOCC2)N1. The normalized spacial score (nSPS) is 30.5. The average molecular weight is 592 g/mol. The number of anilines is 1. The van der Waals surface area contributed by atoms with E-state index in [2.05, 4.69) is 10.6 Å². The van der Waals surface area contributed by atoms with Crippen molar-refractivity contribution >= 4 is 52.3 Å². The molecule has 0 bridgehead atoms. The van der Waals surface area contributed by atoms with E-state index in [1.54, 1.807) is 48.6 Å². The number of ether oxygens (including phenoxy) is 2. The highest BCUT2D eigenvalue weighted by molar-refractivity contribution is 6.31. The number of amides is 2. The first kappa shape index (κ1) is 26.6. The van der Waals surface area contributed by atoms with Crippen molar-refractivity contribution in [2.75, 3.05) is 18.5 Å². The van der Waals surface area contributed by atoms with Crippen molar-refractivity contribution in [2.24, 2.45) is 11.8 Å². The van der Waals surface area contributed by atoms with E-state index in [1.165, 1.54) is 6.08 Å². The average Bonchev–Trinajstić information content (AvgIpc) is 3.19. The molecular weight excluding hydrogens is 566 g/mol. The van der Waals surface area contributed by atoms with Crippen molar-refractivity contribution in [3.63, 3.8) is 0 Å². The van der Waals surface area contributed by atoms with Crippen LogP contribution in [0.15, 0.2) is 59.7 Å². The molecule has 1 aliphatic carbocycles. The monoisotopic (exact) mass is 590 g/mol. The van der Waals surface area contributed by atoms with Crippen LogP contribution in [0, 0.1) is 11.8 Å². The molecule has 204 valence electrons. The third-order valence-electron chi connectivity index (χ3n) is 8.20. The summed E-state index contributed by atoms with van der Waals surface area (Å²) in [4.78, 5) is 27.6. The van der Waals surface area contributed by atoms with E-state index >= 15 is 4.39 Å². The maximum absolute atomic E-state index is 15.7. The lowest BCUT2D eigenvalue weighted by Crippen LogP contribution is -2.60. The van der Waals surface area contributed by atoms with E-state index in [1.807, 2.05) is 0 Å². The third-order valence-corrected chi connectivity index (χ3v) is 9.01. The molecule has 2 N–H and O–H groups in total. The molecule has 0 saturated carbocycles. The van der Waals surface area contributed by atoms with Gasteiger partial charge in [0.25, 0.3) is 0 Å². The molecule has 1 spiro atoms. The lowest BCUT2D eigenvalue weighted by molar-refractivity contribution is -0.135. The number of carbonyl (C=O) groups is 2. The molecule has 10 heteroatoms. The quantitative estimate of drug-likeness (QED) is 0.440. The van der Waals surface area contributed by atoms with Gasteiger partial charge in [-0.1, -0.05) is 53.0 Å². The highest BCUT2D eigenvalue weighted by Gasteiger charge is 2.63. The van der Waals surface area contributed by atoms with Crippen LogP contribution in [0.2, 0.25) is 10.0 Å². The molecule has 6 nitrogen and oxygen atoms in total. The molecule has 2 aromatic carbocycles. The first-order valence-corrected chi connectivity index (χ1v) is 14.0. The molecule has 4 aliphatic rings. The van der Waals surface area contributed by atoms with Crippen molar-refractivity contribution < 1.29 is 23.5 Å². The fraction of sp³-hybridized carbons (Fsp3) is 0.379. The molecule has 2 unspecified atom stereocenters. The lowest BCUT2D eigenvalue weighted by atomic mass is 9.56. The fourth-order valence-corrected chi connectivity index (χ4v) is 7.04. The van der Waals surface area contributed by atoms with Gasteiger partial charge < -0.3 is 20.1 Å². The van der Waals surface area contributed by atoms with E-state index < -0.39 is 29.5 Å². The summed E-state index contributed by atoms with van der Waals surface area (Å²) in [6, 6.07) is 9.40. The van der Waals surface area contributed by atoms with Gasteiger partial charge in [-0.05, 0) is 47.9 Å². The fourth-order valence-electron chi connectivity index (χ4n) is 6.47. The number of alkyl halides is 1. The number of fused-ring (bicyclic) bond motifs is 2. The number of hydrogen-bond acceptors (Lipinski definition) is 4. The predicted molar refractivity (Wildman–Crippen MR) is 148 cm³/mol. The summed E-state index contributed by atoms with van der Waals surface area (Å²) < 4.78 is 27.7. The molecule has 5 atom stereocenters. The van der Waals surface area contributed by atoms with Crippen LogP contribution in [0.4, 0.5) is 10.1 Å². The zero-order chi connectivity index (χ0) is 27.3. The minimum atomic E-state index is -1.58. The Morgan fingerprint density at radius 1 is 1.03 bits per heavy atom. The molecule has 3 aliphatic heterocycles. The summed E-state index contributed by atoms with van der Waals surface area (Å²) in [5.74, 6) is -1.78. The first-order chi connectivity index (χ1) is 18.8. The molecule has 0 aromatic heterocycles. The molecule has 0 radical (unpaired) electrons. The Morgan fingerprint density at radius 3 is 2.56 bits per heavy atom. The van der Waals surface area contributed by atoms with Gasteiger partial charge in [-0.25, -0.2) is 4.39 Å². The topological polar surface area (TPSA) is 76.7 Å². The molecule has 2 fully saturated rings. The van der Waals surface area contributed by atoms with Gasteiger partial charge in [0.2, 0.25) is 11.8 Å². The van der Waals surface area contributed by atoms with Gasteiger partial charge in [0.15, 0.2) is 0 Å². The van der Waals surface area contributed by atoms with Gasteiger partial charge in [0, 0.05) is 46.5 Å². The maximum atomic E-state index is 15.7. The smallest absolute Gasteiger partial charge is 0.237 e. The Kier molecular flexibility index (Phi) is 7.12. The van der Waals surface area contributed by atoms with E-state index in [0.29, 0.717) is 58.7 Å². The van der Waals surface area contributed by atoms with Crippen LogP contribution in [-0.4, -0.2) is 37.3 Å². The molecule has 3 heterocycles. The minimum Gasteiger partial charge on any atom is -0.490 e. The number of halogens is 4. The Labute approximate surface area is 240 Å². The van der Waals surface area contributed by atoms with Crippen molar-refractivity contribution in [1.29, 1.82) is 0 Å². The summed E-state index contributed by atoms with van der Waals surface area (Å²) in [5, 5.41) is 6.91. The summed E-state index contributed by atoms with van der Waals surface area (Å²) in [5.41, 5.74) is 0.279. The van der Waals surface area contributed by atoms with Crippen LogP contribution in [0.5, 0.6) is 5.75 Å². The maximum Gasteiger partial charge on any atom is 0.237 e. The van der Waals surface area contributed by atoms with E-state index in [0.717, 1.165) is 0 Å². The Balaban J connectivity index is 1.55. The van der Waals surface area contributed by atoms with Crippen LogP contribution in [0.1, 0.15) is 36.4 Å². The van der Waals surface area contributed by atoms with Crippen LogP contribution in [-0.2, 0) is 19.7 Å². The van der Waals surface area contributed by atoms with Crippen molar-refractivity contribution in [1.82, 2.24) is 5.32 Å². The highest BCUT2D eigenvalue weighted by Crippen LogP contribution is 2.58. The largest absolute Gasteiger partial charge is 0.490 e. The Morgan fingerprint density at radius 2 is 1.77 bits per heavy atom. The predicted octanol–water partition coefficient (Wildman–Crippen LogP) is 6.27. The molecule has 2 aromatic rings. The Hall–Kier alpha value is -2.58. The standard InChI is InChI=1S/C29H26Cl3FN2O4/c30-15-5-7-24(39-17-8-10-38-11-9-17)19(12-15)27-29(20-6-4-16(31)13-23(20)34-28(29)37)21(14-25(36)35-27)18-2-1-3-22(32)26(18)33/h1-7,12-13,17-18,21,26-27H,8-11,14H2,(H,34,37)(H,35,36)/t18?,21-,26?,27+,29-/m0/s1. The number of hydrogen-bond donors (Lipinski definition) is 2. The van der Waals surface area contributed by atoms with Gasteiger partial charge in [-0.3, -0.25) is 9.59 Å². The molecule has 2 saturated heterocycles. The lowest BCUT2D eigenvalue weighted by Gasteiger charge is -2.49. The zero-order valence-corrected chi connectivity index (χ0v) is 23.0. The molecule has 2 amide bonds. The zero-order valence-electron chi connectivity index (χ0n) is 20.8. The number of rotatable bonds is 4. The van der Waals surface area contributed by atoms with Crippen LogP contribution in [0.25, 0.3) is 0 Å². The van der Waals surface area contributed by atoms with Crippen LogP contribution >= 0.6 is 34.8 Å². The highest BCUT2D eigenvalue weighted by atomic mass is 35.5.